The van der Waals surface area contributed by atoms with E-state index in [1.807, 2.05) is 44.2 Å². The number of nitrogens with one attached hydrogen (secondary N) is 1. The molecule has 1 unspecified atom stereocenters. The number of rotatable bonds is 14. The third-order valence-electron chi connectivity index (χ3n) is 7.35. The van der Waals surface area contributed by atoms with Crippen molar-refractivity contribution >= 4 is 50.7 Å². The molecule has 0 saturated carbocycles. The molecule has 0 heterocycles. The second-order valence-electron chi connectivity index (χ2n) is 10.8. The molecule has 0 aliphatic carbocycles. The predicted octanol–water partition coefficient (Wildman–Crippen LogP) is 7.05. The summed E-state index contributed by atoms with van der Waals surface area (Å²) in [6.45, 7) is 3.85. The van der Waals surface area contributed by atoms with Gasteiger partial charge in [-0.1, -0.05) is 103 Å². The zero-order chi connectivity index (χ0) is 32.4. The lowest BCUT2D eigenvalue weighted by Crippen LogP contribution is -2.53. The molecule has 0 aliphatic rings. The second kappa shape index (κ2) is 15.9. The van der Waals surface area contributed by atoms with Crippen LogP contribution in [0, 0.1) is 6.92 Å². The van der Waals surface area contributed by atoms with Crippen molar-refractivity contribution in [2.75, 3.05) is 17.4 Å². The third kappa shape index (κ3) is 9.33. The van der Waals surface area contributed by atoms with Gasteiger partial charge in [0.05, 0.1) is 10.6 Å². The zero-order valence-corrected chi connectivity index (χ0v) is 27.7. The van der Waals surface area contributed by atoms with E-state index in [0.717, 1.165) is 33.8 Å². The molecular weight excluding hydrogens is 629 g/mol. The average molecular weight is 667 g/mol. The van der Waals surface area contributed by atoms with Crippen molar-refractivity contribution in [1.82, 2.24) is 10.2 Å². The number of sulfonamides is 1. The van der Waals surface area contributed by atoms with Gasteiger partial charge < -0.3 is 10.2 Å². The zero-order valence-electron chi connectivity index (χ0n) is 25.3. The number of carbonyl (C=O) groups excluding carboxylic acids is 2. The van der Waals surface area contributed by atoms with Gasteiger partial charge in [-0.2, -0.15) is 0 Å². The molecule has 0 fully saturated rings. The van der Waals surface area contributed by atoms with E-state index in [1.54, 1.807) is 54.6 Å². The van der Waals surface area contributed by atoms with Gasteiger partial charge in [-0.15, -0.1) is 0 Å². The van der Waals surface area contributed by atoms with Crippen LogP contribution in [0.5, 0.6) is 0 Å². The first-order chi connectivity index (χ1) is 21.6. The highest BCUT2D eigenvalue weighted by molar-refractivity contribution is 7.92. The fraction of sp³-hybridized carbons (Fsp3) is 0.257. The minimum atomic E-state index is -4.21. The lowest BCUT2D eigenvalue weighted by Gasteiger charge is -2.34. The van der Waals surface area contributed by atoms with Crippen LogP contribution < -0.4 is 9.62 Å². The molecule has 2 amide bonds. The second-order valence-corrected chi connectivity index (χ2v) is 13.5. The molecule has 0 aromatic heterocycles. The minimum Gasteiger partial charge on any atom is -0.354 e. The van der Waals surface area contributed by atoms with E-state index in [-0.39, 0.29) is 29.5 Å². The molecule has 0 bridgehead atoms. The van der Waals surface area contributed by atoms with Crippen molar-refractivity contribution < 1.29 is 18.0 Å². The van der Waals surface area contributed by atoms with E-state index < -0.39 is 28.5 Å². The van der Waals surface area contributed by atoms with Crippen LogP contribution >= 0.6 is 23.2 Å². The SMILES string of the molecule is CCCCNC(=O)C(Cc1ccccc1)N(Cc1ccc(Cl)cc1)C(=O)CN(c1cccc(Cl)c1)S(=O)(=O)c1ccc(C)cc1. The normalized spacial score (nSPS) is 11.9. The summed E-state index contributed by atoms with van der Waals surface area (Å²) in [5, 5.41) is 3.84. The Balaban J connectivity index is 1.78. The Morgan fingerprint density at radius 2 is 1.51 bits per heavy atom. The highest BCUT2D eigenvalue weighted by Gasteiger charge is 2.34. The van der Waals surface area contributed by atoms with Crippen molar-refractivity contribution in [2.45, 2.75) is 50.6 Å². The molecule has 0 saturated heterocycles. The third-order valence-corrected chi connectivity index (χ3v) is 9.63. The first kappa shape index (κ1) is 34.0. The summed E-state index contributed by atoms with van der Waals surface area (Å²) in [5.41, 5.74) is 2.73. The average Bonchev–Trinajstić information content (AvgIpc) is 3.03. The lowest BCUT2D eigenvalue weighted by atomic mass is 10.0. The molecule has 4 aromatic rings. The van der Waals surface area contributed by atoms with Crippen LogP contribution in [0.25, 0.3) is 0 Å². The molecule has 0 radical (unpaired) electrons. The summed E-state index contributed by atoms with van der Waals surface area (Å²) in [7, 11) is -4.21. The van der Waals surface area contributed by atoms with Crippen LogP contribution in [0.1, 0.15) is 36.5 Å². The topological polar surface area (TPSA) is 86.8 Å². The van der Waals surface area contributed by atoms with Crippen molar-refractivity contribution in [3.63, 3.8) is 0 Å². The van der Waals surface area contributed by atoms with Crippen molar-refractivity contribution in [3.8, 4) is 0 Å². The summed E-state index contributed by atoms with van der Waals surface area (Å²) >= 11 is 12.4. The van der Waals surface area contributed by atoms with E-state index in [1.165, 1.54) is 23.1 Å². The molecule has 10 heteroatoms. The van der Waals surface area contributed by atoms with E-state index >= 15 is 0 Å². The molecule has 45 heavy (non-hydrogen) atoms. The monoisotopic (exact) mass is 665 g/mol. The Labute approximate surface area is 275 Å². The van der Waals surface area contributed by atoms with E-state index in [4.69, 9.17) is 23.2 Å². The largest absolute Gasteiger partial charge is 0.354 e. The van der Waals surface area contributed by atoms with Gasteiger partial charge in [-0.05, 0) is 66.9 Å². The number of aryl methyl sites for hydroxylation is 1. The Hall–Kier alpha value is -3.85. The maximum absolute atomic E-state index is 14.5. The standard InChI is InChI=1S/C35H37Cl2N3O4S/c1-3-4-21-38-35(42)33(22-27-9-6-5-7-10-27)39(24-28-15-17-29(36)18-16-28)34(41)25-40(31-12-8-11-30(37)23-31)45(43,44)32-19-13-26(2)14-20-32/h5-20,23,33H,3-4,21-22,24-25H2,1-2H3,(H,38,42). The maximum atomic E-state index is 14.5. The summed E-state index contributed by atoms with van der Waals surface area (Å²) in [4.78, 5) is 29.7. The summed E-state index contributed by atoms with van der Waals surface area (Å²) < 4.78 is 29.2. The van der Waals surface area contributed by atoms with Gasteiger partial charge in [0.2, 0.25) is 11.8 Å². The molecule has 1 atom stereocenters. The number of benzene rings is 4. The lowest BCUT2D eigenvalue weighted by molar-refractivity contribution is -0.140. The maximum Gasteiger partial charge on any atom is 0.264 e. The van der Waals surface area contributed by atoms with Crippen molar-refractivity contribution in [2.24, 2.45) is 0 Å². The number of hydrogen-bond acceptors (Lipinski definition) is 4. The van der Waals surface area contributed by atoms with Crippen LogP contribution in [0.4, 0.5) is 5.69 Å². The molecular formula is C35H37Cl2N3O4S. The van der Waals surface area contributed by atoms with Crippen molar-refractivity contribution in [3.05, 3.63) is 130 Å². The summed E-state index contributed by atoms with van der Waals surface area (Å²) in [6.07, 6.45) is 1.91. The Bertz CT molecular complexity index is 1680. The molecule has 236 valence electrons. The molecule has 0 spiro atoms. The molecule has 0 aliphatic heterocycles. The predicted molar refractivity (Wildman–Crippen MR) is 181 cm³/mol. The highest BCUT2D eigenvalue weighted by Crippen LogP contribution is 2.27. The quantitative estimate of drug-likeness (QED) is 0.146. The van der Waals surface area contributed by atoms with E-state index in [9.17, 15) is 18.0 Å². The number of unbranched alkanes of at least 4 members (excludes halogenated alkanes) is 1. The number of amides is 2. The molecule has 7 nitrogen and oxygen atoms in total. The number of halogens is 2. The van der Waals surface area contributed by atoms with Gasteiger partial charge in [0.15, 0.2) is 0 Å². The van der Waals surface area contributed by atoms with E-state index in [2.05, 4.69) is 5.32 Å². The fourth-order valence-corrected chi connectivity index (χ4v) is 6.56. The van der Waals surface area contributed by atoms with Gasteiger partial charge in [-0.3, -0.25) is 13.9 Å². The van der Waals surface area contributed by atoms with Gasteiger partial charge in [0, 0.05) is 29.6 Å². The molecule has 4 aromatic carbocycles. The van der Waals surface area contributed by atoms with Gasteiger partial charge in [-0.25, -0.2) is 8.42 Å². The summed E-state index contributed by atoms with van der Waals surface area (Å²) in [5.74, 6) is -0.863. The fourth-order valence-electron chi connectivity index (χ4n) is 4.84. The van der Waals surface area contributed by atoms with Crippen molar-refractivity contribution in [1.29, 1.82) is 0 Å². The molecule has 4 rings (SSSR count). The van der Waals surface area contributed by atoms with Gasteiger partial charge in [0.1, 0.15) is 12.6 Å². The first-order valence-electron chi connectivity index (χ1n) is 14.8. The van der Waals surface area contributed by atoms with Crippen LogP contribution in [-0.2, 0) is 32.6 Å². The number of carbonyl (C=O) groups is 2. The summed E-state index contributed by atoms with van der Waals surface area (Å²) in [6, 6.07) is 28.3. The smallest absolute Gasteiger partial charge is 0.264 e. The number of hydrogen-bond donors (Lipinski definition) is 1. The van der Waals surface area contributed by atoms with Crippen LogP contribution in [0.3, 0.4) is 0 Å². The van der Waals surface area contributed by atoms with Crippen LogP contribution in [0.15, 0.2) is 108 Å². The highest BCUT2D eigenvalue weighted by atomic mass is 35.5. The Morgan fingerprint density at radius 1 is 0.822 bits per heavy atom. The van der Waals surface area contributed by atoms with Crippen LogP contribution in [0.2, 0.25) is 10.0 Å². The molecule has 1 N–H and O–H groups in total. The van der Waals surface area contributed by atoms with E-state index in [0.29, 0.717) is 16.6 Å². The Morgan fingerprint density at radius 3 is 2.16 bits per heavy atom. The minimum absolute atomic E-state index is 0.0308. The van der Waals surface area contributed by atoms with Gasteiger partial charge in [0.25, 0.3) is 10.0 Å². The van der Waals surface area contributed by atoms with Gasteiger partial charge >= 0.3 is 0 Å². The number of nitrogens with zero attached hydrogens (tertiary/aromatic N) is 2. The Kier molecular flexibility index (Phi) is 12.0. The number of anilines is 1. The first-order valence-corrected chi connectivity index (χ1v) is 17.0. The van der Waals surface area contributed by atoms with Crippen LogP contribution in [-0.4, -0.2) is 44.3 Å².